The number of nitrogens with zero attached hydrogens (tertiary/aromatic N) is 3. The van der Waals surface area contributed by atoms with E-state index in [0.29, 0.717) is 24.2 Å². The molecule has 1 aromatic carbocycles. The topological polar surface area (TPSA) is 42.7 Å². The van der Waals surface area contributed by atoms with Gasteiger partial charge in [0, 0.05) is 18.7 Å². The number of rotatable bonds is 5. The average Bonchev–Trinajstić information content (AvgIpc) is 2.81. The van der Waals surface area contributed by atoms with E-state index in [4.69, 9.17) is 0 Å². The van der Waals surface area contributed by atoms with E-state index < -0.39 is 17.5 Å². The molecule has 2 rings (SSSR count). The van der Waals surface area contributed by atoms with Gasteiger partial charge in [0.1, 0.15) is 11.5 Å². The van der Waals surface area contributed by atoms with Gasteiger partial charge in [0.05, 0.1) is 11.9 Å². The molecule has 0 saturated carbocycles. The standard InChI is InChI=1S/C13H15F3N4/c1-8(2)5-17-6-10-7-18-19-20(10)12-4-9(14)3-11(15)13(12)16/h3-4,7-8,17H,5-6H2,1-2H3. The molecule has 0 amide bonds. The second-order valence-corrected chi connectivity index (χ2v) is 4.88. The maximum atomic E-state index is 13.7. The van der Waals surface area contributed by atoms with Gasteiger partial charge < -0.3 is 5.32 Å². The third kappa shape index (κ3) is 3.16. The predicted molar refractivity (Wildman–Crippen MR) is 67.8 cm³/mol. The van der Waals surface area contributed by atoms with Crippen molar-refractivity contribution in [2.75, 3.05) is 6.54 Å². The van der Waals surface area contributed by atoms with Crippen LogP contribution in [-0.4, -0.2) is 21.5 Å². The Bertz CT molecular complexity index is 595. The van der Waals surface area contributed by atoms with Gasteiger partial charge in [-0.3, -0.25) is 0 Å². The third-order valence-electron chi connectivity index (χ3n) is 2.68. The summed E-state index contributed by atoms with van der Waals surface area (Å²) in [4.78, 5) is 0. The number of hydrogen-bond donors (Lipinski definition) is 1. The van der Waals surface area contributed by atoms with Gasteiger partial charge in [0.15, 0.2) is 11.6 Å². The van der Waals surface area contributed by atoms with Gasteiger partial charge in [-0.2, -0.15) is 0 Å². The van der Waals surface area contributed by atoms with Crippen LogP contribution in [0.25, 0.3) is 5.69 Å². The van der Waals surface area contributed by atoms with Gasteiger partial charge in [-0.05, 0) is 12.5 Å². The van der Waals surface area contributed by atoms with Crippen molar-refractivity contribution in [2.45, 2.75) is 20.4 Å². The number of nitrogens with one attached hydrogen (secondary N) is 1. The van der Waals surface area contributed by atoms with Crippen molar-refractivity contribution in [3.05, 3.63) is 41.5 Å². The van der Waals surface area contributed by atoms with Crippen molar-refractivity contribution in [1.29, 1.82) is 0 Å². The summed E-state index contributed by atoms with van der Waals surface area (Å²) >= 11 is 0. The van der Waals surface area contributed by atoms with Gasteiger partial charge in [-0.25, -0.2) is 17.9 Å². The Balaban J connectivity index is 2.28. The molecular formula is C13H15F3N4. The number of aromatic nitrogens is 3. The van der Waals surface area contributed by atoms with Crippen LogP contribution in [0.3, 0.4) is 0 Å². The van der Waals surface area contributed by atoms with Crippen molar-refractivity contribution in [3.63, 3.8) is 0 Å². The fraction of sp³-hybridized carbons (Fsp3) is 0.385. The number of hydrogen-bond acceptors (Lipinski definition) is 3. The van der Waals surface area contributed by atoms with Crippen LogP contribution in [0.2, 0.25) is 0 Å². The minimum Gasteiger partial charge on any atom is -0.311 e. The molecule has 1 heterocycles. The van der Waals surface area contributed by atoms with Crippen LogP contribution in [0.1, 0.15) is 19.5 Å². The summed E-state index contributed by atoms with van der Waals surface area (Å²) in [6, 6.07) is 1.38. The maximum Gasteiger partial charge on any atom is 0.184 e. The van der Waals surface area contributed by atoms with Crippen LogP contribution in [0.4, 0.5) is 13.2 Å². The van der Waals surface area contributed by atoms with E-state index in [1.165, 1.54) is 6.20 Å². The zero-order valence-electron chi connectivity index (χ0n) is 11.2. The largest absolute Gasteiger partial charge is 0.311 e. The molecule has 4 nitrogen and oxygen atoms in total. The summed E-state index contributed by atoms with van der Waals surface area (Å²) in [5, 5.41) is 10.5. The highest BCUT2D eigenvalue weighted by molar-refractivity contribution is 5.35. The summed E-state index contributed by atoms with van der Waals surface area (Å²) in [7, 11) is 0. The second kappa shape index (κ2) is 6.04. The second-order valence-electron chi connectivity index (χ2n) is 4.88. The smallest absolute Gasteiger partial charge is 0.184 e. The Kier molecular flexibility index (Phi) is 4.39. The average molecular weight is 284 g/mol. The Morgan fingerprint density at radius 3 is 2.70 bits per heavy atom. The summed E-state index contributed by atoms with van der Waals surface area (Å²) < 4.78 is 41.3. The van der Waals surface area contributed by atoms with Crippen LogP contribution in [-0.2, 0) is 6.54 Å². The molecule has 0 aliphatic carbocycles. The minimum atomic E-state index is -1.25. The Morgan fingerprint density at radius 2 is 2.00 bits per heavy atom. The predicted octanol–water partition coefficient (Wildman–Crippen LogP) is 2.43. The van der Waals surface area contributed by atoms with Crippen molar-refractivity contribution in [1.82, 2.24) is 20.3 Å². The summed E-state index contributed by atoms with van der Waals surface area (Å²) in [6.07, 6.45) is 1.43. The molecule has 0 aliphatic heterocycles. The highest BCUT2D eigenvalue weighted by Gasteiger charge is 2.16. The molecule has 7 heteroatoms. The molecule has 20 heavy (non-hydrogen) atoms. The molecular weight excluding hydrogens is 269 g/mol. The summed E-state index contributed by atoms with van der Waals surface area (Å²) in [5.74, 6) is -2.82. The molecule has 0 saturated heterocycles. The Morgan fingerprint density at radius 1 is 1.25 bits per heavy atom. The molecule has 0 unspecified atom stereocenters. The molecule has 1 N–H and O–H groups in total. The highest BCUT2D eigenvalue weighted by atomic mass is 19.2. The first-order valence-corrected chi connectivity index (χ1v) is 6.24. The van der Waals surface area contributed by atoms with E-state index >= 15 is 0 Å². The summed E-state index contributed by atoms with van der Waals surface area (Å²) in [5.41, 5.74) is 0.232. The van der Waals surface area contributed by atoms with Gasteiger partial charge in [0.25, 0.3) is 0 Å². The van der Waals surface area contributed by atoms with Crippen molar-refractivity contribution >= 4 is 0 Å². The third-order valence-corrected chi connectivity index (χ3v) is 2.68. The molecule has 0 fully saturated rings. The molecule has 0 bridgehead atoms. The quantitative estimate of drug-likeness (QED) is 0.858. The van der Waals surface area contributed by atoms with E-state index in [-0.39, 0.29) is 5.69 Å². The van der Waals surface area contributed by atoms with Crippen molar-refractivity contribution in [3.8, 4) is 5.69 Å². The summed E-state index contributed by atoms with van der Waals surface area (Å²) in [6.45, 7) is 5.22. The number of halogens is 3. The highest BCUT2D eigenvalue weighted by Crippen LogP contribution is 2.19. The number of benzene rings is 1. The van der Waals surface area contributed by atoms with Gasteiger partial charge >= 0.3 is 0 Å². The van der Waals surface area contributed by atoms with Crippen LogP contribution >= 0.6 is 0 Å². The molecule has 0 atom stereocenters. The van der Waals surface area contributed by atoms with E-state index in [0.717, 1.165) is 17.3 Å². The Labute approximate surface area is 114 Å². The van der Waals surface area contributed by atoms with Crippen LogP contribution in [0.5, 0.6) is 0 Å². The van der Waals surface area contributed by atoms with Crippen LogP contribution in [0.15, 0.2) is 18.3 Å². The molecule has 1 aromatic heterocycles. The van der Waals surface area contributed by atoms with Crippen LogP contribution in [0, 0.1) is 23.4 Å². The van der Waals surface area contributed by atoms with Gasteiger partial charge in [-0.1, -0.05) is 19.1 Å². The zero-order chi connectivity index (χ0) is 14.7. The first-order valence-electron chi connectivity index (χ1n) is 6.24. The SMILES string of the molecule is CC(C)CNCc1cnnn1-c1cc(F)cc(F)c1F. The van der Waals surface area contributed by atoms with E-state index in [1.807, 2.05) is 13.8 Å². The lowest BCUT2D eigenvalue weighted by Crippen LogP contribution is -2.21. The first kappa shape index (κ1) is 14.5. The molecule has 108 valence electrons. The maximum absolute atomic E-state index is 13.7. The lowest BCUT2D eigenvalue weighted by Gasteiger charge is -2.10. The first-order chi connectivity index (χ1) is 9.49. The van der Waals surface area contributed by atoms with Crippen molar-refractivity contribution in [2.24, 2.45) is 5.92 Å². The van der Waals surface area contributed by atoms with E-state index in [1.54, 1.807) is 0 Å². The monoisotopic (exact) mass is 284 g/mol. The van der Waals surface area contributed by atoms with E-state index in [2.05, 4.69) is 15.6 Å². The molecule has 0 aliphatic rings. The van der Waals surface area contributed by atoms with Crippen molar-refractivity contribution < 1.29 is 13.2 Å². The molecule has 0 spiro atoms. The fourth-order valence-electron chi connectivity index (χ4n) is 1.77. The molecule has 2 aromatic rings. The van der Waals surface area contributed by atoms with E-state index in [9.17, 15) is 13.2 Å². The zero-order valence-corrected chi connectivity index (χ0v) is 11.2. The van der Waals surface area contributed by atoms with Gasteiger partial charge in [0.2, 0.25) is 0 Å². The lowest BCUT2D eigenvalue weighted by atomic mass is 10.2. The normalized spacial score (nSPS) is 11.3. The fourth-order valence-corrected chi connectivity index (χ4v) is 1.77. The molecule has 0 radical (unpaired) electrons. The Hall–Kier alpha value is -1.89. The lowest BCUT2D eigenvalue weighted by molar-refractivity contribution is 0.483. The van der Waals surface area contributed by atoms with Gasteiger partial charge in [-0.15, -0.1) is 5.10 Å². The van der Waals surface area contributed by atoms with Crippen LogP contribution < -0.4 is 5.32 Å². The minimum absolute atomic E-state index is 0.290.